The highest BCUT2D eigenvalue weighted by Gasteiger charge is 2.07. The van der Waals surface area contributed by atoms with Crippen LogP contribution in [-0.4, -0.2) is 9.97 Å². The van der Waals surface area contributed by atoms with Crippen molar-refractivity contribution in [1.82, 2.24) is 9.97 Å². The molecule has 0 spiro atoms. The highest BCUT2D eigenvalue weighted by Crippen LogP contribution is 2.29. The first-order valence-corrected chi connectivity index (χ1v) is 6.97. The molecule has 3 aromatic rings. The van der Waals surface area contributed by atoms with Crippen LogP contribution in [0.2, 0.25) is 0 Å². The van der Waals surface area contributed by atoms with Crippen molar-refractivity contribution in [2.24, 2.45) is 0 Å². The lowest BCUT2D eigenvalue weighted by molar-refractivity contribution is 1.24. The molecular weight excluding hydrogens is 316 g/mol. The second-order valence-electron chi connectivity index (χ2n) is 4.55. The van der Waals surface area contributed by atoms with E-state index < -0.39 is 0 Å². The van der Waals surface area contributed by atoms with Crippen molar-refractivity contribution in [2.45, 2.75) is 6.92 Å². The summed E-state index contributed by atoms with van der Waals surface area (Å²) in [5.74, 6) is 0.731. The van der Waals surface area contributed by atoms with Crippen LogP contribution in [-0.2, 0) is 0 Å². The molecule has 0 aliphatic carbocycles. The summed E-state index contributed by atoms with van der Waals surface area (Å²) >= 11 is 3.47. The zero-order valence-electron chi connectivity index (χ0n) is 10.9. The molecular formula is C15H13BrN4. The van der Waals surface area contributed by atoms with E-state index in [2.05, 4.69) is 31.2 Å². The van der Waals surface area contributed by atoms with Crippen molar-refractivity contribution in [3.8, 4) is 0 Å². The third-order valence-electron chi connectivity index (χ3n) is 2.96. The fraction of sp³-hybridized carbons (Fsp3) is 0.0667. The first-order chi connectivity index (χ1) is 9.63. The number of aryl methyl sites for hydroxylation is 1. The van der Waals surface area contributed by atoms with Gasteiger partial charge >= 0.3 is 0 Å². The van der Waals surface area contributed by atoms with Crippen LogP contribution in [0.5, 0.6) is 0 Å². The van der Waals surface area contributed by atoms with E-state index in [1.165, 1.54) is 0 Å². The van der Waals surface area contributed by atoms with Gasteiger partial charge in [-0.25, -0.2) is 4.98 Å². The lowest BCUT2D eigenvalue weighted by atomic mass is 10.1. The molecule has 4 nitrogen and oxygen atoms in total. The van der Waals surface area contributed by atoms with Gasteiger partial charge in [0.2, 0.25) is 0 Å². The number of hydrogen-bond donors (Lipinski definition) is 2. The van der Waals surface area contributed by atoms with Gasteiger partial charge in [0.25, 0.3) is 0 Å². The highest BCUT2D eigenvalue weighted by molar-refractivity contribution is 9.10. The summed E-state index contributed by atoms with van der Waals surface area (Å²) in [5.41, 5.74) is 9.22. The number of para-hydroxylation sites is 1. The smallest absolute Gasteiger partial charge is 0.144 e. The number of aromatic nitrogens is 2. The number of halogens is 1. The highest BCUT2D eigenvalue weighted by atomic mass is 79.9. The molecule has 0 saturated heterocycles. The monoisotopic (exact) mass is 328 g/mol. The third kappa shape index (κ3) is 2.44. The Morgan fingerprint density at radius 2 is 2.00 bits per heavy atom. The van der Waals surface area contributed by atoms with Gasteiger partial charge in [0, 0.05) is 11.1 Å². The van der Waals surface area contributed by atoms with Crippen LogP contribution in [0.4, 0.5) is 17.2 Å². The van der Waals surface area contributed by atoms with Gasteiger partial charge in [0.15, 0.2) is 0 Å². The minimum absolute atomic E-state index is 0.623. The Balaban J connectivity index is 2.10. The van der Waals surface area contributed by atoms with Crippen LogP contribution in [0.3, 0.4) is 0 Å². The summed E-state index contributed by atoms with van der Waals surface area (Å²) in [6.45, 7) is 1.98. The van der Waals surface area contributed by atoms with E-state index in [0.717, 1.165) is 32.6 Å². The molecule has 2 aromatic heterocycles. The van der Waals surface area contributed by atoms with Gasteiger partial charge in [-0.3, -0.25) is 4.98 Å². The van der Waals surface area contributed by atoms with E-state index in [0.29, 0.717) is 5.69 Å². The number of nitrogen functional groups attached to an aromatic ring is 1. The summed E-state index contributed by atoms with van der Waals surface area (Å²) in [6, 6.07) is 11.8. The lowest BCUT2D eigenvalue weighted by Gasteiger charge is -2.11. The number of rotatable bonds is 2. The quantitative estimate of drug-likeness (QED) is 0.745. The van der Waals surface area contributed by atoms with E-state index in [1.54, 1.807) is 6.20 Å². The molecule has 0 atom stereocenters. The van der Waals surface area contributed by atoms with Crippen molar-refractivity contribution in [2.75, 3.05) is 11.1 Å². The lowest BCUT2D eigenvalue weighted by Crippen LogP contribution is -1.98. The summed E-state index contributed by atoms with van der Waals surface area (Å²) in [7, 11) is 0. The van der Waals surface area contributed by atoms with Gasteiger partial charge in [0.05, 0.1) is 27.6 Å². The number of nitrogens with zero attached hydrogens (tertiary/aromatic N) is 2. The molecule has 100 valence electrons. The third-order valence-corrected chi connectivity index (χ3v) is 3.56. The van der Waals surface area contributed by atoms with Gasteiger partial charge in [-0.1, -0.05) is 18.2 Å². The van der Waals surface area contributed by atoms with Crippen LogP contribution < -0.4 is 11.1 Å². The van der Waals surface area contributed by atoms with Crippen LogP contribution in [0.15, 0.2) is 47.1 Å². The summed E-state index contributed by atoms with van der Waals surface area (Å²) in [6.07, 6.45) is 1.63. The number of pyridine rings is 2. The number of hydrogen-bond acceptors (Lipinski definition) is 4. The van der Waals surface area contributed by atoms with Crippen molar-refractivity contribution >= 4 is 44.0 Å². The van der Waals surface area contributed by atoms with Crippen molar-refractivity contribution in [3.63, 3.8) is 0 Å². The molecule has 3 rings (SSSR count). The second kappa shape index (κ2) is 5.09. The second-order valence-corrected chi connectivity index (χ2v) is 5.41. The van der Waals surface area contributed by atoms with E-state index in [9.17, 15) is 0 Å². The molecule has 0 radical (unpaired) electrons. The van der Waals surface area contributed by atoms with Gasteiger partial charge in [0.1, 0.15) is 5.82 Å². The number of nitrogens with one attached hydrogen (secondary N) is 1. The topological polar surface area (TPSA) is 63.8 Å². The number of fused-ring (bicyclic) bond motifs is 1. The standard InChI is InChI=1S/C15H13BrN4/c1-9-6-14(11-4-2-3-5-13(11)19-9)20-15-12(16)7-10(17)8-18-15/h2-8H,17H2,1H3,(H,18,19,20). The maximum Gasteiger partial charge on any atom is 0.144 e. The Kier molecular flexibility index (Phi) is 3.28. The van der Waals surface area contributed by atoms with E-state index in [1.807, 2.05) is 43.3 Å². The Morgan fingerprint density at radius 1 is 1.20 bits per heavy atom. The van der Waals surface area contributed by atoms with E-state index in [-0.39, 0.29) is 0 Å². The van der Waals surface area contributed by atoms with E-state index in [4.69, 9.17) is 5.73 Å². The number of benzene rings is 1. The van der Waals surface area contributed by atoms with Gasteiger partial charge < -0.3 is 11.1 Å². The van der Waals surface area contributed by atoms with Crippen LogP contribution in [0.1, 0.15) is 5.69 Å². The Hall–Kier alpha value is -2.14. The molecule has 0 bridgehead atoms. The first-order valence-electron chi connectivity index (χ1n) is 6.18. The Morgan fingerprint density at radius 3 is 2.80 bits per heavy atom. The van der Waals surface area contributed by atoms with Gasteiger partial charge in [-0.05, 0) is 41.1 Å². The van der Waals surface area contributed by atoms with E-state index >= 15 is 0 Å². The molecule has 2 heterocycles. The molecule has 3 N–H and O–H groups in total. The minimum Gasteiger partial charge on any atom is -0.397 e. The molecule has 0 fully saturated rings. The maximum atomic E-state index is 5.71. The predicted octanol–water partition coefficient (Wildman–Crippen LogP) is 4.03. The van der Waals surface area contributed by atoms with Crippen molar-refractivity contribution in [3.05, 3.63) is 52.8 Å². The fourth-order valence-electron chi connectivity index (χ4n) is 2.08. The predicted molar refractivity (Wildman–Crippen MR) is 86.1 cm³/mol. The average molecular weight is 329 g/mol. The van der Waals surface area contributed by atoms with Crippen LogP contribution in [0.25, 0.3) is 10.9 Å². The number of anilines is 3. The molecule has 0 unspecified atom stereocenters. The fourth-order valence-corrected chi connectivity index (χ4v) is 2.55. The number of nitrogens with two attached hydrogens (primary N) is 1. The molecule has 0 aliphatic rings. The maximum absolute atomic E-state index is 5.71. The average Bonchev–Trinajstić information content (AvgIpc) is 2.41. The SMILES string of the molecule is Cc1cc(Nc2ncc(N)cc2Br)c2ccccc2n1. The normalized spacial score (nSPS) is 10.7. The molecule has 0 amide bonds. The molecule has 20 heavy (non-hydrogen) atoms. The minimum atomic E-state index is 0.623. The largest absolute Gasteiger partial charge is 0.397 e. The van der Waals surface area contributed by atoms with Crippen LogP contribution >= 0.6 is 15.9 Å². The molecule has 0 saturated carbocycles. The molecule has 1 aromatic carbocycles. The van der Waals surface area contributed by atoms with Crippen molar-refractivity contribution < 1.29 is 0 Å². The van der Waals surface area contributed by atoms with Crippen molar-refractivity contribution in [1.29, 1.82) is 0 Å². The molecule has 0 aliphatic heterocycles. The summed E-state index contributed by atoms with van der Waals surface area (Å²) in [5, 5.41) is 4.39. The van der Waals surface area contributed by atoms with Gasteiger partial charge in [-0.15, -0.1) is 0 Å². The Bertz CT molecular complexity index is 786. The van der Waals surface area contributed by atoms with Gasteiger partial charge in [-0.2, -0.15) is 0 Å². The zero-order valence-corrected chi connectivity index (χ0v) is 12.5. The first kappa shape index (κ1) is 12.9. The molecule has 5 heteroatoms. The van der Waals surface area contributed by atoms with Crippen LogP contribution in [0, 0.1) is 6.92 Å². The zero-order chi connectivity index (χ0) is 14.1. The Labute approximate surface area is 125 Å². The summed E-state index contributed by atoms with van der Waals surface area (Å²) < 4.78 is 0.830. The summed E-state index contributed by atoms with van der Waals surface area (Å²) in [4.78, 5) is 8.83.